The summed E-state index contributed by atoms with van der Waals surface area (Å²) in [7, 11) is 0. The first-order chi connectivity index (χ1) is 11.3. The summed E-state index contributed by atoms with van der Waals surface area (Å²) < 4.78 is 1.91. The van der Waals surface area contributed by atoms with Gasteiger partial charge in [0, 0.05) is 11.3 Å². The number of rotatable bonds is 2. The minimum absolute atomic E-state index is 0.715. The molecule has 1 aliphatic carbocycles. The topological polar surface area (TPSA) is 66.0 Å². The predicted octanol–water partition coefficient (Wildman–Crippen LogP) is 3.53. The number of hydrogen-bond acceptors (Lipinski definition) is 4. The van der Waals surface area contributed by atoms with Crippen molar-refractivity contribution in [2.75, 3.05) is 5.32 Å². The molecule has 114 valence electrons. The highest BCUT2D eigenvalue weighted by Crippen LogP contribution is 2.33. The SMILES string of the molecule is Cc1ccc(Nc2c(C#N)c3c(c4nncn24)CCCC3)cc1. The zero-order chi connectivity index (χ0) is 15.8. The van der Waals surface area contributed by atoms with E-state index in [2.05, 4.69) is 40.6 Å². The van der Waals surface area contributed by atoms with Gasteiger partial charge in [-0.25, -0.2) is 0 Å². The van der Waals surface area contributed by atoms with E-state index in [9.17, 15) is 5.26 Å². The molecule has 5 heteroatoms. The van der Waals surface area contributed by atoms with E-state index in [0.29, 0.717) is 5.56 Å². The van der Waals surface area contributed by atoms with Gasteiger partial charge in [0.15, 0.2) is 5.65 Å². The fraction of sp³-hybridized carbons (Fsp3) is 0.278. The lowest BCUT2D eigenvalue weighted by atomic mass is 9.89. The van der Waals surface area contributed by atoms with Crippen molar-refractivity contribution in [1.82, 2.24) is 14.6 Å². The number of aromatic nitrogens is 3. The Hall–Kier alpha value is -2.87. The molecule has 0 saturated heterocycles. The van der Waals surface area contributed by atoms with Gasteiger partial charge in [-0.1, -0.05) is 17.7 Å². The average Bonchev–Trinajstić information content (AvgIpc) is 3.07. The maximum absolute atomic E-state index is 9.75. The van der Waals surface area contributed by atoms with Gasteiger partial charge in [-0.3, -0.25) is 4.40 Å². The lowest BCUT2D eigenvalue weighted by Crippen LogP contribution is -2.12. The minimum atomic E-state index is 0.715. The molecule has 0 saturated carbocycles. The van der Waals surface area contributed by atoms with Gasteiger partial charge in [-0.2, -0.15) is 5.26 Å². The van der Waals surface area contributed by atoms with Crippen molar-refractivity contribution in [3.8, 4) is 6.07 Å². The molecule has 0 aliphatic heterocycles. The molecular formula is C18H17N5. The maximum atomic E-state index is 9.75. The molecule has 3 aromatic rings. The number of pyridine rings is 1. The highest BCUT2D eigenvalue weighted by atomic mass is 15.3. The van der Waals surface area contributed by atoms with E-state index in [1.165, 1.54) is 11.1 Å². The molecule has 2 aromatic heterocycles. The molecule has 0 fully saturated rings. The van der Waals surface area contributed by atoms with E-state index >= 15 is 0 Å². The van der Waals surface area contributed by atoms with Crippen LogP contribution >= 0.6 is 0 Å². The Bertz CT molecular complexity index is 915. The molecule has 0 bridgehead atoms. The highest BCUT2D eigenvalue weighted by molar-refractivity contribution is 5.72. The molecule has 5 nitrogen and oxygen atoms in total. The van der Waals surface area contributed by atoms with Crippen LogP contribution in [0.5, 0.6) is 0 Å². The molecule has 0 spiro atoms. The smallest absolute Gasteiger partial charge is 0.165 e. The van der Waals surface area contributed by atoms with Gasteiger partial charge in [0.05, 0.1) is 5.56 Å². The van der Waals surface area contributed by atoms with Crippen LogP contribution in [0.15, 0.2) is 30.6 Å². The van der Waals surface area contributed by atoms with Crippen molar-refractivity contribution in [3.63, 3.8) is 0 Å². The van der Waals surface area contributed by atoms with Crippen LogP contribution in [0, 0.1) is 18.3 Å². The Labute approximate surface area is 134 Å². The molecule has 1 N–H and O–H groups in total. The van der Waals surface area contributed by atoms with E-state index in [4.69, 9.17) is 0 Å². The fourth-order valence-corrected chi connectivity index (χ4v) is 3.31. The van der Waals surface area contributed by atoms with Crippen LogP contribution in [0.25, 0.3) is 5.65 Å². The van der Waals surface area contributed by atoms with Gasteiger partial charge in [0.25, 0.3) is 0 Å². The van der Waals surface area contributed by atoms with Crippen LogP contribution in [0.4, 0.5) is 11.5 Å². The van der Waals surface area contributed by atoms with Crippen molar-refractivity contribution in [2.24, 2.45) is 0 Å². The van der Waals surface area contributed by atoms with Crippen LogP contribution in [0.3, 0.4) is 0 Å². The van der Waals surface area contributed by atoms with Gasteiger partial charge in [0.2, 0.25) is 0 Å². The molecule has 0 unspecified atom stereocenters. The maximum Gasteiger partial charge on any atom is 0.165 e. The standard InChI is InChI=1S/C18H17N5/c1-12-6-8-13(9-7-12)21-17-16(10-19)14-4-2-3-5-15(14)18-22-20-11-23(17)18/h6-9,11,21H,2-5H2,1H3. The van der Waals surface area contributed by atoms with Crippen molar-refractivity contribution in [3.05, 3.63) is 52.8 Å². The van der Waals surface area contributed by atoms with Gasteiger partial charge < -0.3 is 5.32 Å². The third-order valence-corrected chi connectivity index (χ3v) is 4.49. The first-order valence-corrected chi connectivity index (χ1v) is 7.89. The first-order valence-electron chi connectivity index (χ1n) is 7.89. The second kappa shape index (κ2) is 5.40. The van der Waals surface area contributed by atoms with Gasteiger partial charge in [-0.05, 0) is 50.3 Å². The normalized spacial score (nSPS) is 13.6. The van der Waals surface area contributed by atoms with Crippen LogP contribution in [0.1, 0.15) is 35.1 Å². The van der Waals surface area contributed by atoms with Gasteiger partial charge in [0.1, 0.15) is 18.2 Å². The van der Waals surface area contributed by atoms with E-state index in [-0.39, 0.29) is 0 Å². The monoisotopic (exact) mass is 303 g/mol. The molecule has 0 amide bonds. The molecular weight excluding hydrogens is 286 g/mol. The Balaban J connectivity index is 1.93. The van der Waals surface area contributed by atoms with E-state index in [1.54, 1.807) is 6.33 Å². The van der Waals surface area contributed by atoms with Crippen LogP contribution in [0.2, 0.25) is 0 Å². The number of anilines is 2. The van der Waals surface area contributed by atoms with Crippen molar-refractivity contribution < 1.29 is 0 Å². The quantitative estimate of drug-likeness (QED) is 0.786. The van der Waals surface area contributed by atoms with E-state index in [1.807, 2.05) is 16.5 Å². The lowest BCUT2D eigenvalue weighted by Gasteiger charge is -2.21. The summed E-state index contributed by atoms with van der Waals surface area (Å²) in [5, 5.41) is 21.5. The Morgan fingerprint density at radius 1 is 1.13 bits per heavy atom. The van der Waals surface area contributed by atoms with Gasteiger partial charge in [-0.15, -0.1) is 10.2 Å². The first kappa shape index (κ1) is 13.8. The summed E-state index contributed by atoms with van der Waals surface area (Å²) in [5.74, 6) is 0.761. The van der Waals surface area contributed by atoms with Gasteiger partial charge >= 0.3 is 0 Å². The molecule has 0 radical (unpaired) electrons. The fourth-order valence-electron chi connectivity index (χ4n) is 3.31. The number of aryl methyl sites for hydroxylation is 2. The average molecular weight is 303 g/mol. The lowest BCUT2D eigenvalue weighted by molar-refractivity contribution is 0.683. The summed E-state index contributed by atoms with van der Waals surface area (Å²) in [4.78, 5) is 0. The largest absolute Gasteiger partial charge is 0.340 e. The minimum Gasteiger partial charge on any atom is -0.340 e. The molecule has 0 atom stereocenters. The predicted molar refractivity (Wildman–Crippen MR) is 88.8 cm³/mol. The van der Waals surface area contributed by atoms with Crippen molar-refractivity contribution in [2.45, 2.75) is 32.6 Å². The molecule has 2 heterocycles. The summed E-state index contributed by atoms with van der Waals surface area (Å²) in [6, 6.07) is 10.5. The number of fused-ring (bicyclic) bond motifs is 3. The number of nitrogens with one attached hydrogen (secondary N) is 1. The van der Waals surface area contributed by atoms with Crippen LogP contribution in [-0.4, -0.2) is 14.6 Å². The molecule has 23 heavy (non-hydrogen) atoms. The number of benzene rings is 1. The van der Waals surface area contributed by atoms with E-state index in [0.717, 1.165) is 48.4 Å². The van der Waals surface area contributed by atoms with Crippen molar-refractivity contribution >= 4 is 17.2 Å². The number of nitrogens with zero attached hydrogens (tertiary/aromatic N) is 4. The summed E-state index contributed by atoms with van der Waals surface area (Å²) >= 11 is 0. The second-order valence-corrected chi connectivity index (χ2v) is 6.02. The van der Waals surface area contributed by atoms with E-state index < -0.39 is 0 Å². The van der Waals surface area contributed by atoms with Crippen molar-refractivity contribution in [1.29, 1.82) is 5.26 Å². The summed E-state index contributed by atoms with van der Waals surface area (Å²) in [6.45, 7) is 2.06. The Kier molecular flexibility index (Phi) is 3.23. The molecule has 1 aromatic carbocycles. The number of nitriles is 1. The third-order valence-electron chi connectivity index (χ3n) is 4.49. The highest BCUT2D eigenvalue weighted by Gasteiger charge is 2.23. The molecule has 1 aliphatic rings. The zero-order valence-electron chi connectivity index (χ0n) is 13.0. The zero-order valence-corrected chi connectivity index (χ0v) is 13.0. The number of hydrogen-bond donors (Lipinski definition) is 1. The second-order valence-electron chi connectivity index (χ2n) is 6.02. The third kappa shape index (κ3) is 2.23. The molecule has 4 rings (SSSR count). The van der Waals surface area contributed by atoms with Crippen LogP contribution in [-0.2, 0) is 12.8 Å². The summed E-state index contributed by atoms with van der Waals surface area (Å²) in [6.07, 6.45) is 5.85. The Morgan fingerprint density at radius 2 is 1.87 bits per heavy atom. The van der Waals surface area contributed by atoms with Crippen LogP contribution < -0.4 is 5.32 Å². The summed E-state index contributed by atoms with van der Waals surface area (Å²) in [5.41, 5.74) is 6.06. The Morgan fingerprint density at radius 3 is 2.61 bits per heavy atom.